The van der Waals surface area contributed by atoms with Crippen molar-refractivity contribution in [3.05, 3.63) is 63.6 Å². The summed E-state index contributed by atoms with van der Waals surface area (Å²) >= 11 is 11.8. The Labute approximate surface area is 131 Å². The van der Waals surface area contributed by atoms with Crippen LogP contribution in [0, 0.1) is 0 Å². The van der Waals surface area contributed by atoms with Gasteiger partial charge in [-0.2, -0.15) is 0 Å². The lowest BCUT2D eigenvalue weighted by atomic mass is 10.1. The Morgan fingerprint density at radius 2 is 1.48 bits per heavy atom. The summed E-state index contributed by atoms with van der Waals surface area (Å²) in [5.74, 6) is -0.908. The van der Waals surface area contributed by atoms with Gasteiger partial charge < -0.3 is 9.47 Å². The van der Waals surface area contributed by atoms with E-state index in [1.165, 1.54) is 37.4 Å². The second-order valence-electron chi connectivity index (χ2n) is 4.01. The fraction of sp³-hybridized carbons (Fsp3) is 0.0667. The second kappa shape index (κ2) is 6.61. The van der Waals surface area contributed by atoms with E-state index in [0.29, 0.717) is 10.6 Å². The molecule has 0 saturated heterocycles. The average Bonchev–Trinajstić information content (AvgIpc) is 2.51. The third-order valence-electron chi connectivity index (χ3n) is 2.66. The molecule has 0 aromatic heterocycles. The molecule has 0 N–H and O–H groups in total. The Kier molecular flexibility index (Phi) is 4.83. The van der Waals surface area contributed by atoms with E-state index in [2.05, 4.69) is 4.74 Å². The third-order valence-corrected chi connectivity index (χ3v) is 3.46. The van der Waals surface area contributed by atoms with Gasteiger partial charge in [0.2, 0.25) is 0 Å². The highest BCUT2D eigenvalue weighted by Gasteiger charge is 2.13. The summed E-state index contributed by atoms with van der Waals surface area (Å²) < 4.78 is 9.74. The predicted molar refractivity (Wildman–Crippen MR) is 79.2 cm³/mol. The van der Waals surface area contributed by atoms with Gasteiger partial charge in [0.05, 0.1) is 23.3 Å². The van der Waals surface area contributed by atoms with Gasteiger partial charge in [-0.3, -0.25) is 0 Å². The Bertz CT molecular complexity index is 681. The van der Waals surface area contributed by atoms with Crippen LogP contribution in [0.25, 0.3) is 0 Å². The van der Waals surface area contributed by atoms with Crippen LogP contribution in [0.15, 0.2) is 42.5 Å². The normalized spacial score (nSPS) is 10.0. The van der Waals surface area contributed by atoms with Crippen LogP contribution in [-0.4, -0.2) is 19.0 Å². The number of benzene rings is 2. The molecular weight excluding hydrogens is 315 g/mol. The number of hydrogen-bond acceptors (Lipinski definition) is 4. The lowest BCUT2D eigenvalue weighted by Gasteiger charge is -2.07. The highest BCUT2D eigenvalue weighted by Crippen LogP contribution is 2.31. The number of rotatable bonds is 3. The molecule has 4 nitrogen and oxygen atoms in total. The highest BCUT2D eigenvalue weighted by atomic mass is 35.5. The first-order chi connectivity index (χ1) is 10.0. The van der Waals surface area contributed by atoms with E-state index in [4.69, 9.17) is 27.9 Å². The molecule has 0 aliphatic rings. The summed E-state index contributed by atoms with van der Waals surface area (Å²) in [5.41, 5.74) is 0.619. The minimum atomic E-state index is -0.601. The molecule has 0 heterocycles. The molecule has 2 aromatic rings. The molecule has 21 heavy (non-hydrogen) atoms. The van der Waals surface area contributed by atoms with Crippen molar-refractivity contribution < 1.29 is 19.1 Å². The Morgan fingerprint density at radius 3 is 2.05 bits per heavy atom. The molecule has 0 amide bonds. The van der Waals surface area contributed by atoms with E-state index in [9.17, 15) is 9.59 Å². The number of esters is 2. The van der Waals surface area contributed by atoms with E-state index in [1.54, 1.807) is 12.1 Å². The van der Waals surface area contributed by atoms with Crippen molar-refractivity contribution in [2.45, 2.75) is 0 Å². The molecule has 0 radical (unpaired) electrons. The van der Waals surface area contributed by atoms with Gasteiger partial charge >= 0.3 is 11.9 Å². The van der Waals surface area contributed by atoms with Crippen LogP contribution in [0.5, 0.6) is 5.75 Å². The molecule has 2 aromatic carbocycles. The lowest BCUT2D eigenvalue weighted by molar-refractivity contribution is 0.0599. The minimum absolute atomic E-state index is 0.165. The number of carbonyl (C=O) groups excluding carboxylic acids is 2. The summed E-state index contributed by atoms with van der Waals surface area (Å²) in [4.78, 5) is 23.3. The Hall–Kier alpha value is -2.04. The van der Waals surface area contributed by atoms with Crippen molar-refractivity contribution in [2.75, 3.05) is 7.11 Å². The quantitative estimate of drug-likeness (QED) is 0.632. The highest BCUT2D eigenvalue weighted by molar-refractivity contribution is 6.43. The van der Waals surface area contributed by atoms with Crippen LogP contribution < -0.4 is 4.74 Å². The van der Waals surface area contributed by atoms with E-state index >= 15 is 0 Å². The summed E-state index contributed by atoms with van der Waals surface area (Å²) in [6.07, 6.45) is 0. The monoisotopic (exact) mass is 324 g/mol. The van der Waals surface area contributed by atoms with E-state index in [0.717, 1.165) is 0 Å². The second-order valence-corrected chi connectivity index (χ2v) is 4.80. The lowest BCUT2D eigenvalue weighted by Crippen LogP contribution is -2.09. The van der Waals surface area contributed by atoms with Crippen molar-refractivity contribution in [3.8, 4) is 5.75 Å². The predicted octanol–water partition coefficient (Wildman–Crippen LogP) is 4.00. The number of hydrogen-bond donors (Lipinski definition) is 0. The molecular formula is C15H10Cl2O4. The van der Waals surface area contributed by atoms with Gasteiger partial charge in [0.15, 0.2) is 5.75 Å². The molecule has 0 spiro atoms. The fourth-order valence-electron chi connectivity index (χ4n) is 1.58. The van der Waals surface area contributed by atoms with Gasteiger partial charge in [-0.05, 0) is 36.4 Å². The van der Waals surface area contributed by atoms with Crippen LogP contribution >= 0.6 is 23.2 Å². The number of ether oxygens (including phenoxy) is 2. The third kappa shape index (κ3) is 3.54. The first kappa shape index (κ1) is 15.4. The minimum Gasteiger partial charge on any atom is -0.465 e. The molecule has 0 aliphatic heterocycles. The first-order valence-corrected chi connectivity index (χ1v) is 6.63. The smallest absolute Gasteiger partial charge is 0.343 e. The SMILES string of the molecule is COC(=O)c1ccc(C(=O)Oc2cccc(Cl)c2Cl)cc1. The molecule has 0 bridgehead atoms. The van der Waals surface area contributed by atoms with Crippen molar-refractivity contribution in [3.63, 3.8) is 0 Å². The topological polar surface area (TPSA) is 52.6 Å². The molecule has 0 saturated carbocycles. The first-order valence-electron chi connectivity index (χ1n) is 5.87. The summed E-state index contributed by atoms with van der Waals surface area (Å²) in [6, 6.07) is 10.6. The van der Waals surface area contributed by atoms with Crippen molar-refractivity contribution in [1.82, 2.24) is 0 Å². The Balaban J connectivity index is 2.17. The summed E-state index contributed by atoms with van der Waals surface area (Å²) in [6.45, 7) is 0. The van der Waals surface area contributed by atoms with Crippen LogP contribution in [0.3, 0.4) is 0 Å². The zero-order valence-corrected chi connectivity index (χ0v) is 12.4. The van der Waals surface area contributed by atoms with E-state index in [1.807, 2.05) is 0 Å². The van der Waals surface area contributed by atoms with Gasteiger partial charge in [-0.15, -0.1) is 0 Å². The molecule has 0 unspecified atom stereocenters. The zero-order chi connectivity index (χ0) is 15.4. The van der Waals surface area contributed by atoms with Gasteiger partial charge in [0.25, 0.3) is 0 Å². The standard InChI is InChI=1S/C15H10Cl2O4/c1-20-14(18)9-5-7-10(8-6-9)15(19)21-12-4-2-3-11(16)13(12)17/h2-8H,1H3. The maximum atomic E-state index is 12.0. The maximum Gasteiger partial charge on any atom is 0.343 e. The van der Waals surface area contributed by atoms with Crippen LogP contribution in [0.4, 0.5) is 0 Å². The van der Waals surface area contributed by atoms with Gasteiger partial charge in [-0.1, -0.05) is 29.3 Å². The maximum absolute atomic E-state index is 12.0. The molecule has 0 aliphatic carbocycles. The fourth-order valence-corrected chi connectivity index (χ4v) is 1.91. The largest absolute Gasteiger partial charge is 0.465 e. The number of carbonyl (C=O) groups is 2. The van der Waals surface area contributed by atoms with E-state index < -0.39 is 11.9 Å². The van der Waals surface area contributed by atoms with Gasteiger partial charge in [0.1, 0.15) is 5.02 Å². The zero-order valence-electron chi connectivity index (χ0n) is 10.9. The summed E-state index contributed by atoms with van der Waals surface area (Å²) in [5, 5.41) is 0.460. The molecule has 6 heteroatoms. The van der Waals surface area contributed by atoms with Gasteiger partial charge in [0, 0.05) is 0 Å². The van der Waals surface area contributed by atoms with Crippen molar-refractivity contribution in [1.29, 1.82) is 0 Å². The molecule has 0 fully saturated rings. The van der Waals surface area contributed by atoms with Crippen LogP contribution in [0.1, 0.15) is 20.7 Å². The molecule has 2 rings (SSSR count). The van der Waals surface area contributed by atoms with Crippen LogP contribution in [-0.2, 0) is 4.74 Å². The molecule has 108 valence electrons. The van der Waals surface area contributed by atoms with Crippen LogP contribution in [0.2, 0.25) is 10.0 Å². The van der Waals surface area contributed by atoms with Crippen molar-refractivity contribution in [2.24, 2.45) is 0 Å². The van der Waals surface area contributed by atoms with Crippen molar-refractivity contribution >= 4 is 35.1 Å². The average molecular weight is 325 g/mol. The summed E-state index contributed by atoms with van der Waals surface area (Å²) in [7, 11) is 1.28. The van der Waals surface area contributed by atoms with Gasteiger partial charge in [-0.25, -0.2) is 9.59 Å². The van der Waals surface area contributed by atoms with E-state index in [-0.39, 0.29) is 16.3 Å². The Morgan fingerprint density at radius 1 is 0.905 bits per heavy atom. The molecule has 0 atom stereocenters. The number of methoxy groups -OCH3 is 1. The number of halogens is 2.